The molecule has 116 valence electrons. The monoisotopic (exact) mass is 307 g/mol. The SMILES string of the molecule is COCCCn1c(-c2ccc(C#N)cc2)nc2c(O)cccc21. The lowest BCUT2D eigenvalue weighted by Crippen LogP contribution is -2.03. The molecule has 0 unspecified atom stereocenters. The molecule has 0 atom stereocenters. The number of hydrogen-bond donors (Lipinski definition) is 1. The number of fused-ring (bicyclic) bond motifs is 1. The minimum atomic E-state index is 0.169. The fourth-order valence-electron chi connectivity index (χ4n) is 2.64. The Bertz CT molecular complexity index is 860. The molecule has 0 aliphatic carbocycles. The molecule has 1 heterocycles. The summed E-state index contributed by atoms with van der Waals surface area (Å²) < 4.78 is 7.21. The van der Waals surface area contributed by atoms with Gasteiger partial charge in [0.1, 0.15) is 17.1 Å². The molecule has 0 radical (unpaired) electrons. The number of para-hydroxylation sites is 1. The molecular weight excluding hydrogens is 290 g/mol. The van der Waals surface area contributed by atoms with Gasteiger partial charge in [0, 0.05) is 25.8 Å². The molecule has 0 amide bonds. The first kappa shape index (κ1) is 15.1. The Morgan fingerprint density at radius 2 is 2.00 bits per heavy atom. The first-order valence-electron chi connectivity index (χ1n) is 7.42. The number of benzene rings is 2. The van der Waals surface area contributed by atoms with Crippen molar-refractivity contribution in [2.24, 2.45) is 0 Å². The third kappa shape index (κ3) is 2.89. The van der Waals surface area contributed by atoms with Gasteiger partial charge in [-0.25, -0.2) is 4.98 Å². The van der Waals surface area contributed by atoms with Crippen LogP contribution in [0, 0.1) is 11.3 Å². The van der Waals surface area contributed by atoms with E-state index in [1.807, 2.05) is 24.3 Å². The van der Waals surface area contributed by atoms with Crippen molar-refractivity contribution in [1.82, 2.24) is 9.55 Å². The van der Waals surface area contributed by atoms with Gasteiger partial charge >= 0.3 is 0 Å². The third-order valence-corrected chi connectivity index (χ3v) is 3.76. The van der Waals surface area contributed by atoms with Crippen LogP contribution in [0.25, 0.3) is 22.4 Å². The van der Waals surface area contributed by atoms with E-state index in [1.165, 1.54) is 0 Å². The predicted molar refractivity (Wildman–Crippen MR) is 88.0 cm³/mol. The van der Waals surface area contributed by atoms with Gasteiger partial charge in [0.2, 0.25) is 0 Å². The minimum Gasteiger partial charge on any atom is -0.506 e. The summed E-state index contributed by atoms with van der Waals surface area (Å²) in [6, 6.07) is 14.8. The van der Waals surface area contributed by atoms with Gasteiger partial charge in [-0.2, -0.15) is 5.26 Å². The number of imidazole rings is 1. The van der Waals surface area contributed by atoms with Crippen molar-refractivity contribution >= 4 is 11.0 Å². The first-order chi connectivity index (χ1) is 11.2. The number of aromatic hydroxyl groups is 1. The smallest absolute Gasteiger partial charge is 0.143 e. The number of ether oxygens (including phenoxy) is 1. The van der Waals surface area contributed by atoms with Crippen molar-refractivity contribution in [1.29, 1.82) is 5.26 Å². The predicted octanol–water partition coefficient (Wildman–Crippen LogP) is 3.32. The Morgan fingerprint density at radius 3 is 2.70 bits per heavy atom. The van der Waals surface area contributed by atoms with E-state index in [0.717, 1.165) is 29.9 Å². The van der Waals surface area contributed by atoms with Crippen molar-refractivity contribution in [3.63, 3.8) is 0 Å². The maximum Gasteiger partial charge on any atom is 0.143 e. The average molecular weight is 307 g/mol. The van der Waals surface area contributed by atoms with Crippen molar-refractivity contribution in [2.45, 2.75) is 13.0 Å². The zero-order chi connectivity index (χ0) is 16.2. The number of aryl methyl sites for hydroxylation is 1. The number of nitrogens with zero attached hydrogens (tertiary/aromatic N) is 3. The molecule has 0 saturated carbocycles. The molecule has 5 nitrogen and oxygen atoms in total. The van der Waals surface area contributed by atoms with Gasteiger partial charge < -0.3 is 14.4 Å². The van der Waals surface area contributed by atoms with Crippen LogP contribution >= 0.6 is 0 Å². The zero-order valence-electron chi connectivity index (χ0n) is 12.9. The Balaban J connectivity index is 2.11. The lowest BCUT2D eigenvalue weighted by atomic mass is 10.1. The molecule has 1 aromatic heterocycles. The highest BCUT2D eigenvalue weighted by atomic mass is 16.5. The third-order valence-electron chi connectivity index (χ3n) is 3.76. The van der Waals surface area contributed by atoms with Gasteiger partial charge in [0.15, 0.2) is 0 Å². The number of phenolic OH excluding ortho intramolecular Hbond substituents is 1. The topological polar surface area (TPSA) is 71.1 Å². The molecule has 2 aromatic carbocycles. The van der Waals surface area contributed by atoms with Crippen LogP contribution in [0.15, 0.2) is 42.5 Å². The normalized spacial score (nSPS) is 10.8. The molecule has 0 aliphatic heterocycles. The lowest BCUT2D eigenvalue weighted by Gasteiger charge is -2.09. The van der Waals surface area contributed by atoms with E-state index in [1.54, 1.807) is 25.3 Å². The molecule has 0 bridgehead atoms. The summed E-state index contributed by atoms with van der Waals surface area (Å²) in [6.07, 6.45) is 0.848. The summed E-state index contributed by atoms with van der Waals surface area (Å²) in [6.45, 7) is 1.40. The van der Waals surface area contributed by atoms with Gasteiger partial charge in [-0.15, -0.1) is 0 Å². The summed E-state index contributed by atoms with van der Waals surface area (Å²) in [5.41, 5.74) is 3.00. The molecule has 0 saturated heterocycles. The van der Waals surface area contributed by atoms with Gasteiger partial charge in [0.25, 0.3) is 0 Å². The molecule has 0 fully saturated rings. The molecule has 23 heavy (non-hydrogen) atoms. The molecule has 3 rings (SSSR count). The Hall–Kier alpha value is -2.84. The van der Waals surface area contributed by atoms with E-state index in [-0.39, 0.29) is 5.75 Å². The maximum absolute atomic E-state index is 10.1. The molecule has 1 N–H and O–H groups in total. The number of phenols is 1. The largest absolute Gasteiger partial charge is 0.506 e. The van der Waals surface area contributed by atoms with Crippen molar-refractivity contribution in [2.75, 3.05) is 13.7 Å². The summed E-state index contributed by atoms with van der Waals surface area (Å²) in [5, 5.41) is 19.0. The molecule has 5 heteroatoms. The highest BCUT2D eigenvalue weighted by Gasteiger charge is 2.14. The van der Waals surface area contributed by atoms with Crippen LogP contribution in [0.4, 0.5) is 0 Å². The van der Waals surface area contributed by atoms with Crippen LogP contribution in [-0.4, -0.2) is 28.4 Å². The fourth-order valence-corrected chi connectivity index (χ4v) is 2.64. The number of aromatic nitrogens is 2. The highest BCUT2D eigenvalue weighted by Crippen LogP contribution is 2.30. The number of methoxy groups -OCH3 is 1. The van der Waals surface area contributed by atoms with Gasteiger partial charge in [-0.1, -0.05) is 6.07 Å². The Labute approximate surface area is 134 Å². The van der Waals surface area contributed by atoms with E-state index in [2.05, 4.69) is 15.6 Å². The fraction of sp³-hybridized carbons (Fsp3) is 0.222. The van der Waals surface area contributed by atoms with Crippen molar-refractivity contribution in [3.8, 4) is 23.2 Å². The summed E-state index contributed by atoms with van der Waals surface area (Å²) in [7, 11) is 1.68. The standard InChI is InChI=1S/C18H17N3O2/c1-23-11-3-10-21-15-4-2-5-16(22)17(15)20-18(21)14-8-6-13(12-19)7-9-14/h2,4-9,22H,3,10-11H2,1H3. The highest BCUT2D eigenvalue weighted by molar-refractivity contribution is 5.85. The van der Waals surface area contributed by atoms with E-state index < -0.39 is 0 Å². The average Bonchev–Trinajstić information content (AvgIpc) is 2.95. The first-order valence-corrected chi connectivity index (χ1v) is 7.42. The molecule has 0 spiro atoms. The number of hydrogen-bond acceptors (Lipinski definition) is 4. The number of rotatable bonds is 5. The molecule has 0 aliphatic rings. The molecule has 3 aromatic rings. The van der Waals surface area contributed by atoms with Crippen LogP contribution in [0.2, 0.25) is 0 Å². The summed E-state index contributed by atoms with van der Waals surface area (Å²) in [4.78, 5) is 4.61. The van der Waals surface area contributed by atoms with Crippen molar-refractivity contribution < 1.29 is 9.84 Å². The summed E-state index contributed by atoms with van der Waals surface area (Å²) >= 11 is 0. The lowest BCUT2D eigenvalue weighted by molar-refractivity contribution is 0.191. The van der Waals surface area contributed by atoms with Crippen LogP contribution in [0.3, 0.4) is 0 Å². The van der Waals surface area contributed by atoms with E-state index >= 15 is 0 Å². The van der Waals surface area contributed by atoms with Gasteiger partial charge in [-0.05, 0) is 42.8 Å². The van der Waals surface area contributed by atoms with Crippen molar-refractivity contribution in [3.05, 3.63) is 48.0 Å². The summed E-state index contributed by atoms with van der Waals surface area (Å²) in [5.74, 6) is 0.949. The Kier molecular flexibility index (Phi) is 4.26. The van der Waals surface area contributed by atoms with Crippen LogP contribution in [-0.2, 0) is 11.3 Å². The number of nitriles is 1. The Morgan fingerprint density at radius 1 is 1.22 bits per heavy atom. The van der Waals surface area contributed by atoms with Crippen LogP contribution < -0.4 is 0 Å². The second-order valence-corrected chi connectivity index (χ2v) is 5.27. The maximum atomic E-state index is 10.1. The second kappa shape index (κ2) is 6.51. The molecular formula is C18H17N3O2. The van der Waals surface area contributed by atoms with Crippen LogP contribution in [0.1, 0.15) is 12.0 Å². The van der Waals surface area contributed by atoms with E-state index in [0.29, 0.717) is 17.7 Å². The van der Waals surface area contributed by atoms with Crippen LogP contribution in [0.5, 0.6) is 5.75 Å². The quantitative estimate of drug-likeness (QED) is 0.734. The van der Waals surface area contributed by atoms with Gasteiger partial charge in [-0.3, -0.25) is 0 Å². The second-order valence-electron chi connectivity index (χ2n) is 5.27. The van der Waals surface area contributed by atoms with E-state index in [9.17, 15) is 5.11 Å². The van der Waals surface area contributed by atoms with Gasteiger partial charge in [0.05, 0.1) is 17.1 Å². The minimum absolute atomic E-state index is 0.169. The zero-order valence-corrected chi connectivity index (χ0v) is 12.9. The van der Waals surface area contributed by atoms with E-state index in [4.69, 9.17) is 10.00 Å².